The number of aromatic nitrogens is 1. The molecule has 3 atom stereocenters. The Labute approximate surface area is 135 Å². The highest BCUT2D eigenvalue weighted by Crippen LogP contribution is 2.29. The van der Waals surface area contributed by atoms with Gasteiger partial charge in [-0.25, -0.2) is 0 Å². The van der Waals surface area contributed by atoms with Crippen molar-refractivity contribution in [1.82, 2.24) is 10.3 Å². The van der Waals surface area contributed by atoms with Crippen LogP contribution in [0.5, 0.6) is 5.75 Å². The summed E-state index contributed by atoms with van der Waals surface area (Å²) in [7, 11) is 0. The predicted molar refractivity (Wildman–Crippen MR) is 85.2 cm³/mol. The van der Waals surface area contributed by atoms with Gasteiger partial charge in [-0.3, -0.25) is 4.79 Å². The van der Waals surface area contributed by atoms with Crippen LogP contribution >= 0.6 is 0 Å². The van der Waals surface area contributed by atoms with Crippen molar-refractivity contribution in [2.45, 2.75) is 46.1 Å². The molecule has 7 heteroatoms. The average Bonchev–Trinajstić information content (AvgIpc) is 2.50. The first-order valence-corrected chi connectivity index (χ1v) is 7.92. The summed E-state index contributed by atoms with van der Waals surface area (Å²) in [5, 5.41) is 14.0. The van der Waals surface area contributed by atoms with Crippen molar-refractivity contribution < 1.29 is 14.5 Å². The van der Waals surface area contributed by atoms with Gasteiger partial charge in [-0.1, -0.05) is 26.7 Å². The van der Waals surface area contributed by atoms with Crippen molar-refractivity contribution in [3.05, 3.63) is 27.9 Å². The van der Waals surface area contributed by atoms with Crippen LogP contribution < -0.4 is 10.1 Å². The zero-order valence-corrected chi connectivity index (χ0v) is 13.7. The maximum Gasteiger partial charge on any atom is 0.406 e. The normalized spacial score (nSPS) is 24.0. The van der Waals surface area contributed by atoms with Crippen LogP contribution in [0.3, 0.4) is 0 Å². The molecular weight excluding hydrogens is 298 g/mol. The molecule has 1 aromatic rings. The van der Waals surface area contributed by atoms with Gasteiger partial charge in [0, 0.05) is 13.0 Å². The second-order valence-electron chi connectivity index (χ2n) is 6.26. The molecule has 23 heavy (non-hydrogen) atoms. The van der Waals surface area contributed by atoms with E-state index in [0.29, 0.717) is 17.5 Å². The summed E-state index contributed by atoms with van der Waals surface area (Å²) in [6.07, 6.45) is 3.25. The first-order chi connectivity index (χ1) is 10.9. The van der Waals surface area contributed by atoms with Crippen LogP contribution in [0, 0.1) is 28.9 Å². The monoisotopic (exact) mass is 321 g/mol. The molecule has 1 aromatic heterocycles. The molecule has 1 aliphatic rings. The lowest BCUT2D eigenvalue weighted by molar-refractivity contribution is -0.390. The molecule has 0 saturated heterocycles. The van der Waals surface area contributed by atoms with Crippen LogP contribution in [0.1, 0.15) is 38.8 Å². The van der Waals surface area contributed by atoms with Crippen molar-refractivity contribution in [2.75, 3.05) is 6.61 Å². The fraction of sp³-hybridized carbons (Fsp3) is 0.625. The van der Waals surface area contributed by atoms with Crippen molar-refractivity contribution in [3.8, 4) is 5.75 Å². The Balaban J connectivity index is 1.93. The Morgan fingerprint density at radius 1 is 1.43 bits per heavy atom. The summed E-state index contributed by atoms with van der Waals surface area (Å²) in [6, 6.07) is 3.23. The third-order valence-electron chi connectivity index (χ3n) is 4.56. The van der Waals surface area contributed by atoms with Crippen molar-refractivity contribution in [2.24, 2.45) is 11.8 Å². The lowest BCUT2D eigenvalue weighted by atomic mass is 9.78. The van der Waals surface area contributed by atoms with Gasteiger partial charge in [0.15, 0.2) is 6.61 Å². The molecule has 1 N–H and O–H groups in total. The molecule has 0 spiro atoms. The smallest absolute Gasteiger partial charge is 0.406 e. The topological polar surface area (TPSA) is 94.4 Å². The molecule has 0 bridgehead atoms. The number of rotatable bonds is 5. The molecule has 1 heterocycles. The fourth-order valence-electron chi connectivity index (χ4n) is 2.95. The maximum atomic E-state index is 12.1. The third-order valence-corrected chi connectivity index (χ3v) is 4.56. The van der Waals surface area contributed by atoms with Crippen LogP contribution in [-0.2, 0) is 4.79 Å². The first-order valence-electron chi connectivity index (χ1n) is 7.92. The number of ether oxygens (including phenoxy) is 1. The summed E-state index contributed by atoms with van der Waals surface area (Å²) in [5.74, 6) is 0.393. The highest BCUT2D eigenvalue weighted by Gasteiger charge is 2.28. The second-order valence-corrected chi connectivity index (χ2v) is 6.26. The van der Waals surface area contributed by atoms with Gasteiger partial charge in [-0.2, -0.15) is 0 Å². The zero-order chi connectivity index (χ0) is 17.0. The fourth-order valence-corrected chi connectivity index (χ4v) is 2.95. The van der Waals surface area contributed by atoms with E-state index >= 15 is 0 Å². The van der Waals surface area contributed by atoms with Gasteiger partial charge >= 0.3 is 5.82 Å². The quantitative estimate of drug-likeness (QED) is 0.664. The number of carbonyl (C=O) groups excluding carboxylic acids is 1. The van der Waals surface area contributed by atoms with Gasteiger partial charge in [0.1, 0.15) is 5.69 Å². The highest BCUT2D eigenvalue weighted by molar-refractivity contribution is 5.78. The number of nitro groups is 1. The van der Waals surface area contributed by atoms with Crippen LogP contribution in [0.2, 0.25) is 0 Å². The van der Waals surface area contributed by atoms with E-state index in [1.807, 2.05) is 0 Å². The number of nitrogens with one attached hydrogen (secondary N) is 1. The van der Waals surface area contributed by atoms with Gasteiger partial charge in [0.25, 0.3) is 5.91 Å². The van der Waals surface area contributed by atoms with Gasteiger partial charge in [-0.15, -0.1) is 0 Å². The Hall–Kier alpha value is -2.18. The molecule has 2 rings (SSSR count). The molecule has 126 valence electrons. The number of nitrogens with zero attached hydrogens (tertiary/aromatic N) is 2. The predicted octanol–water partition coefficient (Wildman–Crippen LogP) is 2.62. The molecule has 1 amide bonds. The lowest BCUT2D eigenvalue weighted by Gasteiger charge is -2.34. The number of hydrogen-bond donors (Lipinski definition) is 1. The van der Waals surface area contributed by atoms with E-state index in [1.54, 1.807) is 13.0 Å². The minimum atomic E-state index is -0.606. The van der Waals surface area contributed by atoms with Crippen molar-refractivity contribution >= 4 is 11.7 Å². The largest absolute Gasteiger partial charge is 0.476 e. The highest BCUT2D eigenvalue weighted by atomic mass is 16.6. The van der Waals surface area contributed by atoms with Crippen molar-refractivity contribution in [3.63, 3.8) is 0 Å². The minimum absolute atomic E-state index is 0.0146. The Kier molecular flexibility index (Phi) is 5.52. The van der Waals surface area contributed by atoms with Crippen LogP contribution in [0.15, 0.2) is 12.1 Å². The van der Waals surface area contributed by atoms with Gasteiger partial charge < -0.3 is 20.2 Å². The van der Waals surface area contributed by atoms with E-state index < -0.39 is 4.92 Å². The molecule has 7 nitrogen and oxygen atoms in total. The van der Waals surface area contributed by atoms with Gasteiger partial charge in [0.2, 0.25) is 5.75 Å². The summed E-state index contributed by atoms with van der Waals surface area (Å²) in [4.78, 5) is 26.3. The van der Waals surface area contributed by atoms with E-state index in [2.05, 4.69) is 24.1 Å². The Bertz CT molecular complexity index is 591. The summed E-state index contributed by atoms with van der Waals surface area (Å²) in [5.41, 5.74) is 0.526. The third kappa shape index (κ3) is 4.40. The van der Waals surface area contributed by atoms with E-state index in [9.17, 15) is 14.9 Å². The summed E-state index contributed by atoms with van der Waals surface area (Å²) < 4.78 is 5.30. The van der Waals surface area contributed by atoms with E-state index in [1.165, 1.54) is 12.5 Å². The lowest BCUT2D eigenvalue weighted by Crippen LogP contribution is -2.45. The molecule has 0 unspecified atom stereocenters. The van der Waals surface area contributed by atoms with Gasteiger partial charge in [-0.05, 0) is 40.3 Å². The van der Waals surface area contributed by atoms with Gasteiger partial charge in [0.05, 0.1) is 0 Å². The van der Waals surface area contributed by atoms with E-state index in [0.717, 1.165) is 12.8 Å². The molecule has 1 fully saturated rings. The van der Waals surface area contributed by atoms with Crippen LogP contribution in [0.25, 0.3) is 0 Å². The molecule has 0 aromatic carbocycles. The van der Waals surface area contributed by atoms with Crippen LogP contribution in [-0.4, -0.2) is 28.5 Å². The molecular formula is C16H23N3O4. The molecule has 0 aliphatic heterocycles. The summed E-state index contributed by atoms with van der Waals surface area (Å²) >= 11 is 0. The zero-order valence-electron chi connectivity index (χ0n) is 13.7. The number of hydrogen-bond acceptors (Lipinski definition) is 5. The molecule has 0 radical (unpaired) electrons. The standard InChI is InChI=1S/C16H23N3O4/c1-10-5-4-6-13(12(10)3)18-15(20)9-23-14-8-7-11(2)17-16(14)19(21)22/h7-8,10,12-13H,4-6,9H2,1-3H3,(H,18,20)/t10-,12-,13+/m0/s1. The maximum absolute atomic E-state index is 12.1. The van der Waals surface area contributed by atoms with Crippen LogP contribution in [0.4, 0.5) is 5.82 Å². The molecule has 1 saturated carbocycles. The van der Waals surface area contributed by atoms with E-state index in [4.69, 9.17) is 4.74 Å². The number of aryl methyl sites for hydroxylation is 1. The number of carbonyl (C=O) groups is 1. The average molecular weight is 321 g/mol. The summed E-state index contributed by atoms with van der Waals surface area (Å²) in [6.45, 7) is 5.75. The SMILES string of the molecule is Cc1ccc(OCC(=O)N[C@@H]2CCC[C@H](C)[C@@H]2C)c([N+](=O)[O-])n1. The first kappa shape index (κ1) is 17.2. The van der Waals surface area contributed by atoms with E-state index in [-0.39, 0.29) is 30.1 Å². The Morgan fingerprint density at radius 3 is 2.87 bits per heavy atom. The minimum Gasteiger partial charge on any atom is -0.476 e. The number of pyridine rings is 1. The second kappa shape index (κ2) is 7.39. The number of amides is 1. The molecule has 1 aliphatic carbocycles. The van der Waals surface area contributed by atoms with Crippen molar-refractivity contribution in [1.29, 1.82) is 0 Å². The Morgan fingerprint density at radius 2 is 2.17 bits per heavy atom.